The monoisotopic (exact) mass is 434 g/mol. The van der Waals surface area contributed by atoms with Gasteiger partial charge in [0, 0.05) is 12.4 Å². The third-order valence-electron chi connectivity index (χ3n) is 4.90. The molecule has 2 aromatic carbocycles. The number of carbonyl (C=O) groups excluding carboxylic acids is 1. The number of benzene rings is 2. The number of ether oxygens (including phenoxy) is 1. The van der Waals surface area contributed by atoms with Crippen LogP contribution in [0.15, 0.2) is 73.1 Å². The highest BCUT2D eigenvalue weighted by Crippen LogP contribution is 2.31. The molecule has 4 nitrogen and oxygen atoms in total. The minimum Gasteiger partial charge on any atom is -0.489 e. The number of pyridine rings is 1. The van der Waals surface area contributed by atoms with Crippen LogP contribution in [-0.2, 0) is 24.4 Å². The summed E-state index contributed by atoms with van der Waals surface area (Å²) < 4.78 is 6.52. The molecule has 1 saturated heterocycles. The van der Waals surface area contributed by atoms with Gasteiger partial charge >= 0.3 is 0 Å². The van der Waals surface area contributed by atoms with E-state index in [1.54, 1.807) is 17.3 Å². The van der Waals surface area contributed by atoms with Gasteiger partial charge in [-0.3, -0.25) is 14.7 Å². The number of carbonyl (C=O) groups is 1. The van der Waals surface area contributed by atoms with Gasteiger partial charge in [-0.1, -0.05) is 72.0 Å². The summed E-state index contributed by atoms with van der Waals surface area (Å²) in [7, 11) is 0. The Morgan fingerprint density at radius 2 is 1.87 bits per heavy atom. The number of rotatable bonds is 7. The van der Waals surface area contributed by atoms with Crippen molar-refractivity contribution in [1.82, 2.24) is 9.88 Å². The Kier molecular flexibility index (Phi) is 6.45. The normalized spacial score (nSPS) is 16.2. The molecule has 0 unspecified atom stereocenters. The number of hydrogen-bond acceptors (Lipinski definition) is 5. The summed E-state index contributed by atoms with van der Waals surface area (Å²) in [6.07, 6.45) is 4.13. The van der Waals surface area contributed by atoms with E-state index < -0.39 is 0 Å². The predicted octanol–water partition coefficient (Wildman–Crippen LogP) is 4.94. The first-order valence-corrected chi connectivity index (χ1v) is 11.1. The minimum absolute atomic E-state index is 0.0635. The molecule has 1 aromatic heterocycles. The summed E-state index contributed by atoms with van der Waals surface area (Å²) in [6, 6.07) is 20.1. The first kappa shape index (κ1) is 20.6. The Morgan fingerprint density at radius 3 is 2.60 bits per heavy atom. The maximum atomic E-state index is 12.9. The standard InChI is InChI=1S/C24H22N2O2S2/c1-17-4-2-5-19(12-17)16-28-21-9-7-18(8-10-21)13-22-23(27)26(24(29)30-22)15-20-6-3-11-25-14-20/h2-12,14,22H,13,15-16H2,1H3/t22-/m0/s1. The van der Waals surface area contributed by atoms with Crippen molar-refractivity contribution in [1.29, 1.82) is 0 Å². The van der Waals surface area contributed by atoms with E-state index in [0.29, 0.717) is 23.9 Å². The second-order valence-electron chi connectivity index (χ2n) is 7.28. The number of nitrogens with zero attached hydrogens (tertiary/aromatic N) is 2. The van der Waals surface area contributed by atoms with E-state index in [1.807, 2.05) is 42.5 Å². The number of thioether (sulfide) groups is 1. The second-order valence-corrected chi connectivity index (χ2v) is 9.12. The number of thiocarbonyl (C=S) groups is 1. The largest absolute Gasteiger partial charge is 0.489 e. The molecule has 0 bridgehead atoms. The van der Waals surface area contributed by atoms with Crippen LogP contribution in [0, 0.1) is 6.92 Å². The lowest BCUT2D eigenvalue weighted by molar-refractivity contribution is -0.126. The van der Waals surface area contributed by atoms with Crippen LogP contribution in [0.1, 0.15) is 22.3 Å². The van der Waals surface area contributed by atoms with Crippen molar-refractivity contribution in [3.05, 3.63) is 95.3 Å². The molecule has 0 radical (unpaired) electrons. The van der Waals surface area contributed by atoms with Crippen molar-refractivity contribution < 1.29 is 9.53 Å². The molecule has 0 saturated carbocycles. The molecular weight excluding hydrogens is 412 g/mol. The predicted molar refractivity (Wildman–Crippen MR) is 124 cm³/mol. The molecule has 0 N–H and O–H groups in total. The highest BCUT2D eigenvalue weighted by atomic mass is 32.2. The molecule has 4 rings (SSSR count). The van der Waals surface area contributed by atoms with Gasteiger partial charge in [0.1, 0.15) is 16.7 Å². The van der Waals surface area contributed by atoms with Crippen LogP contribution >= 0.6 is 24.0 Å². The Balaban J connectivity index is 1.34. The number of aromatic nitrogens is 1. The molecule has 1 fully saturated rings. The molecule has 0 aliphatic carbocycles. The first-order valence-electron chi connectivity index (χ1n) is 9.77. The summed E-state index contributed by atoms with van der Waals surface area (Å²) in [5.74, 6) is 0.882. The molecule has 152 valence electrons. The lowest BCUT2D eigenvalue weighted by Crippen LogP contribution is -2.31. The zero-order chi connectivity index (χ0) is 20.9. The van der Waals surface area contributed by atoms with Gasteiger partial charge < -0.3 is 4.74 Å². The van der Waals surface area contributed by atoms with Gasteiger partial charge in [-0.2, -0.15) is 0 Å². The molecular formula is C24H22N2O2S2. The molecule has 30 heavy (non-hydrogen) atoms. The summed E-state index contributed by atoms with van der Waals surface area (Å²) in [6.45, 7) is 3.08. The van der Waals surface area contributed by atoms with Gasteiger partial charge in [0.25, 0.3) is 0 Å². The number of amides is 1. The van der Waals surface area contributed by atoms with Gasteiger partial charge in [0.15, 0.2) is 0 Å². The van der Waals surface area contributed by atoms with Crippen molar-refractivity contribution in [2.24, 2.45) is 0 Å². The smallest absolute Gasteiger partial charge is 0.242 e. The third-order valence-corrected chi connectivity index (χ3v) is 6.48. The molecule has 1 aliphatic rings. The van der Waals surface area contributed by atoms with Crippen LogP contribution in [0.2, 0.25) is 0 Å². The molecule has 1 aliphatic heterocycles. The van der Waals surface area contributed by atoms with Crippen LogP contribution in [-0.4, -0.2) is 25.4 Å². The SMILES string of the molecule is Cc1cccc(COc2ccc(C[C@@H]3SC(=S)N(Cc4cccnc4)C3=O)cc2)c1. The fourth-order valence-electron chi connectivity index (χ4n) is 3.35. The van der Waals surface area contributed by atoms with E-state index in [4.69, 9.17) is 17.0 Å². The van der Waals surface area contributed by atoms with E-state index in [1.165, 1.54) is 17.3 Å². The zero-order valence-corrected chi connectivity index (χ0v) is 18.3. The Morgan fingerprint density at radius 1 is 1.07 bits per heavy atom. The summed E-state index contributed by atoms with van der Waals surface area (Å²) in [5.41, 5.74) is 4.44. The van der Waals surface area contributed by atoms with E-state index in [0.717, 1.165) is 22.4 Å². The van der Waals surface area contributed by atoms with Gasteiger partial charge in [0.2, 0.25) is 5.91 Å². The van der Waals surface area contributed by atoms with Crippen molar-refractivity contribution in [3.8, 4) is 5.75 Å². The van der Waals surface area contributed by atoms with E-state index in [-0.39, 0.29) is 11.2 Å². The highest BCUT2D eigenvalue weighted by molar-refractivity contribution is 8.24. The lowest BCUT2D eigenvalue weighted by atomic mass is 10.1. The number of hydrogen-bond donors (Lipinski definition) is 0. The zero-order valence-electron chi connectivity index (χ0n) is 16.7. The fraction of sp³-hybridized carbons (Fsp3) is 0.208. The van der Waals surface area contributed by atoms with Crippen LogP contribution < -0.4 is 4.74 Å². The molecule has 0 spiro atoms. The van der Waals surface area contributed by atoms with Crippen LogP contribution in [0.5, 0.6) is 5.75 Å². The highest BCUT2D eigenvalue weighted by Gasteiger charge is 2.36. The fourth-order valence-corrected chi connectivity index (χ4v) is 4.88. The minimum atomic E-state index is -0.187. The van der Waals surface area contributed by atoms with Crippen molar-refractivity contribution in [2.45, 2.75) is 31.7 Å². The summed E-state index contributed by atoms with van der Waals surface area (Å²) >= 11 is 6.91. The molecule has 1 amide bonds. The average Bonchev–Trinajstić information content (AvgIpc) is 3.01. The third kappa shape index (κ3) is 5.07. The van der Waals surface area contributed by atoms with Gasteiger partial charge in [-0.05, 0) is 48.2 Å². The summed E-state index contributed by atoms with van der Waals surface area (Å²) in [4.78, 5) is 18.6. The Bertz CT molecular complexity index is 1040. The quantitative estimate of drug-likeness (QED) is 0.493. The first-order chi connectivity index (χ1) is 14.6. The second kappa shape index (κ2) is 9.41. The molecule has 6 heteroatoms. The molecule has 2 heterocycles. The van der Waals surface area contributed by atoms with Crippen LogP contribution in [0.3, 0.4) is 0 Å². The van der Waals surface area contributed by atoms with Crippen molar-refractivity contribution in [3.63, 3.8) is 0 Å². The van der Waals surface area contributed by atoms with E-state index in [2.05, 4.69) is 30.1 Å². The van der Waals surface area contributed by atoms with Gasteiger partial charge in [-0.25, -0.2) is 0 Å². The van der Waals surface area contributed by atoms with Crippen molar-refractivity contribution >= 4 is 34.2 Å². The average molecular weight is 435 g/mol. The van der Waals surface area contributed by atoms with E-state index >= 15 is 0 Å². The van der Waals surface area contributed by atoms with Crippen molar-refractivity contribution in [2.75, 3.05) is 0 Å². The summed E-state index contributed by atoms with van der Waals surface area (Å²) in [5, 5.41) is -0.187. The van der Waals surface area contributed by atoms with Crippen LogP contribution in [0.25, 0.3) is 0 Å². The van der Waals surface area contributed by atoms with Crippen LogP contribution in [0.4, 0.5) is 0 Å². The Labute approximate surface area is 186 Å². The Hall–Kier alpha value is -2.70. The number of aryl methyl sites for hydroxylation is 1. The van der Waals surface area contributed by atoms with Gasteiger partial charge in [-0.15, -0.1) is 0 Å². The molecule has 3 aromatic rings. The maximum Gasteiger partial charge on any atom is 0.242 e. The molecule has 1 atom stereocenters. The maximum absolute atomic E-state index is 12.9. The van der Waals surface area contributed by atoms with E-state index in [9.17, 15) is 4.79 Å². The topological polar surface area (TPSA) is 42.4 Å². The lowest BCUT2D eigenvalue weighted by Gasteiger charge is -2.15. The van der Waals surface area contributed by atoms with Gasteiger partial charge in [0.05, 0.1) is 11.8 Å².